The number of aromatic nitrogens is 2. The van der Waals surface area contributed by atoms with Crippen LogP contribution in [0.1, 0.15) is 16.9 Å². The van der Waals surface area contributed by atoms with Crippen LogP contribution in [0.2, 0.25) is 0 Å². The summed E-state index contributed by atoms with van der Waals surface area (Å²) < 4.78 is 1.82. The lowest BCUT2D eigenvalue weighted by molar-refractivity contribution is 0.765. The molecule has 7 heteroatoms. The molecule has 0 spiro atoms. The summed E-state index contributed by atoms with van der Waals surface area (Å²) >= 11 is 1.77. The van der Waals surface area contributed by atoms with Crippen LogP contribution >= 0.6 is 35.3 Å². The Kier molecular flexibility index (Phi) is 8.36. The lowest BCUT2D eigenvalue weighted by Crippen LogP contribution is -2.33. The molecule has 0 aliphatic heterocycles. The molecule has 0 saturated heterocycles. The van der Waals surface area contributed by atoms with Crippen molar-refractivity contribution in [1.29, 1.82) is 0 Å². The highest BCUT2D eigenvalue weighted by atomic mass is 127. The number of aryl methyl sites for hydroxylation is 2. The van der Waals surface area contributed by atoms with Crippen molar-refractivity contribution < 1.29 is 0 Å². The van der Waals surface area contributed by atoms with Crippen molar-refractivity contribution in [2.45, 2.75) is 19.3 Å². The summed E-state index contributed by atoms with van der Waals surface area (Å²) in [5.41, 5.74) is 7.07. The summed E-state index contributed by atoms with van der Waals surface area (Å²) in [7, 11) is 1.93. The zero-order chi connectivity index (χ0) is 14.2. The van der Waals surface area contributed by atoms with Crippen molar-refractivity contribution in [2.75, 3.05) is 13.1 Å². The smallest absolute Gasteiger partial charge is 0.188 e. The molecule has 2 rings (SSSR count). The van der Waals surface area contributed by atoms with E-state index in [9.17, 15) is 0 Å². The number of hydrogen-bond donors (Lipinski definition) is 2. The fourth-order valence-corrected chi connectivity index (χ4v) is 2.62. The summed E-state index contributed by atoms with van der Waals surface area (Å²) in [6.07, 6.45) is 6.89. The van der Waals surface area contributed by atoms with Gasteiger partial charge in [0.05, 0.1) is 6.20 Å². The van der Waals surface area contributed by atoms with E-state index in [0.717, 1.165) is 32.4 Å². The summed E-state index contributed by atoms with van der Waals surface area (Å²) in [5, 5.41) is 9.37. The van der Waals surface area contributed by atoms with Gasteiger partial charge in [-0.3, -0.25) is 9.67 Å². The van der Waals surface area contributed by atoms with E-state index in [2.05, 4.69) is 32.9 Å². The normalized spacial score (nSPS) is 11.2. The Bertz CT molecular complexity index is 535. The van der Waals surface area contributed by atoms with Crippen LogP contribution in [0.5, 0.6) is 0 Å². The standard InChI is InChI=1S/C14H21N5S.HI/c1-19-11-12(10-18-19)4-2-7-16-14(15)17-8-6-13-5-3-9-20-13;/h3,5,9-11H,2,4,6-8H2,1H3,(H3,15,16,17);1H. The zero-order valence-corrected chi connectivity index (χ0v) is 15.3. The predicted molar refractivity (Wildman–Crippen MR) is 99.5 cm³/mol. The van der Waals surface area contributed by atoms with Crippen LogP contribution in [0.25, 0.3) is 0 Å². The van der Waals surface area contributed by atoms with E-state index >= 15 is 0 Å². The van der Waals surface area contributed by atoms with Crippen molar-refractivity contribution in [1.82, 2.24) is 15.1 Å². The molecule has 0 amide bonds. The lowest BCUT2D eigenvalue weighted by Gasteiger charge is -2.04. The van der Waals surface area contributed by atoms with E-state index in [1.807, 2.05) is 24.1 Å². The van der Waals surface area contributed by atoms with Gasteiger partial charge in [-0.1, -0.05) is 6.07 Å². The minimum Gasteiger partial charge on any atom is -0.370 e. The summed E-state index contributed by atoms with van der Waals surface area (Å²) in [4.78, 5) is 5.69. The number of guanidine groups is 1. The van der Waals surface area contributed by atoms with E-state index in [4.69, 9.17) is 5.73 Å². The Labute approximate surface area is 146 Å². The van der Waals surface area contributed by atoms with Gasteiger partial charge in [0.15, 0.2) is 5.96 Å². The molecule has 0 fully saturated rings. The third-order valence-corrected chi connectivity index (χ3v) is 3.86. The number of nitrogens with two attached hydrogens (primary N) is 1. The van der Waals surface area contributed by atoms with Gasteiger partial charge in [-0.2, -0.15) is 5.10 Å². The molecular weight excluding hydrogens is 397 g/mol. The fourth-order valence-electron chi connectivity index (χ4n) is 1.91. The van der Waals surface area contributed by atoms with Gasteiger partial charge in [0.25, 0.3) is 0 Å². The Morgan fingerprint density at radius 1 is 1.48 bits per heavy atom. The number of nitrogens with one attached hydrogen (secondary N) is 1. The maximum absolute atomic E-state index is 5.82. The maximum atomic E-state index is 5.82. The third kappa shape index (κ3) is 6.94. The third-order valence-electron chi connectivity index (χ3n) is 2.92. The van der Waals surface area contributed by atoms with Gasteiger partial charge >= 0.3 is 0 Å². The monoisotopic (exact) mass is 419 g/mol. The molecule has 0 aromatic carbocycles. The minimum absolute atomic E-state index is 0. The first-order valence-electron chi connectivity index (χ1n) is 6.78. The number of nitrogens with zero attached hydrogens (tertiary/aromatic N) is 3. The molecular formula is C14H22IN5S. The second kappa shape index (κ2) is 9.78. The fraction of sp³-hybridized carbons (Fsp3) is 0.429. The van der Waals surface area contributed by atoms with Gasteiger partial charge < -0.3 is 11.1 Å². The second-order valence-corrected chi connectivity index (χ2v) is 5.68. The second-order valence-electron chi connectivity index (χ2n) is 4.65. The van der Waals surface area contributed by atoms with Crippen molar-refractivity contribution in [2.24, 2.45) is 17.8 Å². The highest BCUT2D eigenvalue weighted by Gasteiger charge is 1.97. The lowest BCUT2D eigenvalue weighted by atomic mass is 10.2. The highest BCUT2D eigenvalue weighted by Crippen LogP contribution is 2.07. The Morgan fingerprint density at radius 3 is 3.00 bits per heavy atom. The number of aliphatic imine (C=N–C) groups is 1. The van der Waals surface area contributed by atoms with Gasteiger partial charge in [0.1, 0.15) is 0 Å². The zero-order valence-electron chi connectivity index (χ0n) is 12.2. The van der Waals surface area contributed by atoms with Crippen molar-refractivity contribution in [3.8, 4) is 0 Å². The van der Waals surface area contributed by atoms with E-state index in [1.165, 1.54) is 10.4 Å². The van der Waals surface area contributed by atoms with Crippen LogP contribution in [0.3, 0.4) is 0 Å². The molecule has 116 valence electrons. The van der Waals surface area contributed by atoms with Crippen molar-refractivity contribution in [3.63, 3.8) is 0 Å². The molecule has 5 nitrogen and oxygen atoms in total. The van der Waals surface area contributed by atoms with Crippen LogP contribution < -0.4 is 11.1 Å². The highest BCUT2D eigenvalue weighted by molar-refractivity contribution is 14.0. The molecule has 3 N–H and O–H groups in total. The molecule has 2 aromatic heterocycles. The SMILES string of the molecule is Cn1cc(CCCN=C(N)NCCc2cccs2)cn1.I. The van der Waals surface area contributed by atoms with Gasteiger partial charge in [0, 0.05) is 31.2 Å². The molecule has 0 saturated carbocycles. The molecule has 0 bridgehead atoms. The number of hydrogen-bond acceptors (Lipinski definition) is 3. The quantitative estimate of drug-likeness (QED) is 0.313. The Hall–Kier alpha value is -1.09. The molecule has 2 heterocycles. The topological polar surface area (TPSA) is 68.2 Å². The first-order valence-corrected chi connectivity index (χ1v) is 7.65. The Morgan fingerprint density at radius 2 is 2.33 bits per heavy atom. The minimum atomic E-state index is 0. The van der Waals surface area contributed by atoms with Crippen LogP contribution in [-0.4, -0.2) is 28.8 Å². The summed E-state index contributed by atoms with van der Waals surface area (Å²) in [5.74, 6) is 0.535. The maximum Gasteiger partial charge on any atom is 0.188 e. The number of thiophene rings is 1. The molecule has 2 aromatic rings. The van der Waals surface area contributed by atoms with Crippen molar-refractivity contribution in [3.05, 3.63) is 40.3 Å². The molecule has 0 atom stereocenters. The van der Waals surface area contributed by atoms with E-state index < -0.39 is 0 Å². The molecule has 0 aliphatic carbocycles. The Balaban J connectivity index is 0.00000220. The predicted octanol–water partition coefficient (Wildman–Crippen LogP) is 2.18. The number of halogens is 1. The van der Waals surface area contributed by atoms with Gasteiger partial charge in [-0.15, -0.1) is 35.3 Å². The van der Waals surface area contributed by atoms with E-state index in [-0.39, 0.29) is 24.0 Å². The van der Waals surface area contributed by atoms with Crippen LogP contribution in [0.15, 0.2) is 34.9 Å². The first-order chi connectivity index (χ1) is 9.74. The van der Waals surface area contributed by atoms with E-state index in [1.54, 1.807) is 11.3 Å². The number of rotatable bonds is 7. The first kappa shape index (κ1) is 18.0. The van der Waals surface area contributed by atoms with Crippen LogP contribution in [0.4, 0.5) is 0 Å². The average Bonchev–Trinajstić information content (AvgIpc) is 3.06. The van der Waals surface area contributed by atoms with Gasteiger partial charge in [-0.25, -0.2) is 0 Å². The van der Waals surface area contributed by atoms with E-state index in [0.29, 0.717) is 5.96 Å². The van der Waals surface area contributed by atoms with Crippen molar-refractivity contribution >= 4 is 41.3 Å². The van der Waals surface area contributed by atoms with Gasteiger partial charge in [0.2, 0.25) is 0 Å². The summed E-state index contributed by atoms with van der Waals surface area (Å²) in [6, 6.07) is 4.20. The molecule has 0 radical (unpaired) electrons. The summed E-state index contributed by atoms with van der Waals surface area (Å²) in [6.45, 7) is 1.57. The van der Waals surface area contributed by atoms with Gasteiger partial charge in [-0.05, 0) is 36.3 Å². The molecule has 0 unspecified atom stereocenters. The largest absolute Gasteiger partial charge is 0.370 e. The molecule has 0 aliphatic rings. The molecule has 21 heavy (non-hydrogen) atoms. The van der Waals surface area contributed by atoms with Crippen LogP contribution in [-0.2, 0) is 19.9 Å². The van der Waals surface area contributed by atoms with Crippen LogP contribution in [0, 0.1) is 0 Å². The average molecular weight is 419 g/mol.